The summed E-state index contributed by atoms with van der Waals surface area (Å²) in [6.07, 6.45) is 1.74. The van der Waals surface area contributed by atoms with E-state index in [4.69, 9.17) is 2.78 Å². The zero-order chi connectivity index (χ0) is 5.28. The van der Waals surface area contributed by atoms with Crippen LogP contribution in [0.5, 0.6) is 0 Å². The Hall–Kier alpha value is -0.720. The van der Waals surface area contributed by atoms with E-state index in [1.54, 1.807) is 12.1 Å². The van der Waals surface area contributed by atoms with Crippen LogP contribution in [0.2, 0.25) is 1.41 Å². The molecule has 26 valence electrons. The van der Waals surface area contributed by atoms with E-state index in [-0.39, 0.29) is 6.17 Å². The number of hydrogen-bond donors (Lipinski definition) is 1. The smallest absolute Gasteiger partial charge is 0.165 e. The van der Waals surface area contributed by atoms with Gasteiger partial charge in [-0.3, -0.25) is 0 Å². The van der Waals surface area contributed by atoms with Gasteiger partial charge in [-0.2, -0.15) is 0 Å². The van der Waals surface area contributed by atoms with Crippen LogP contribution in [0.4, 0.5) is 0 Å². The molecule has 5 heavy (non-hydrogen) atoms. The average Bonchev–Trinajstić information content (AvgIpc) is 1.91. The van der Waals surface area contributed by atoms with Crippen LogP contribution in [0.1, 0.15) is 1.37 Å². The van der Waals surface area contributed by atoms with E-state index in [1.165, 1.54) is 6.20 Å². The van der Waals surface area contributed by atoms with E-state index in [0.717, 1.165) is 4.98 Å². The van der Waals surface area contributed by atoms with Crippen LogP contribution >= 0.6 is 0 Å². The lowest BCUT2D eigenvalue weighted by Crippen LogP contribution is -1.38. The molecule has 0 spiro atoms. The van der Waals surface area contributed by atoms with Gasteiger partial charge in [0, 0.05) is 12.4 Å². The lowest BCUT2D eigenvalue weighted by molar-refractivity contribution is 1.42. The van der Waals surface area contributed by atoms with Crippen LogP contribution in [0.15, 0.2) is 24.5 Å². The van der Waals surface area contributed by atoms with Gasteiger partial charge in [-0.05, 0) is 12.1 Å². The largest absolute Gasteiger partial charge is 0.368 e. The molecule has 0 atom stereocenters. The van der Waals surface area contributed by atoms with E-state index in [1.807, 2.05) is 0 Å². The first kappa shape index (κ1) is 1.17. The highest BCUT2D eigenvalue weighted by molar-refractivity contribution is 4.84. The van der Waals surface area contributed by atoms with Crippen molar-refractivity contribution in [2.45, 2.75) is 0 Å². The van der Waals surface area contributed by atoms with Crippen molar-refractivity contribution in [3.63, 3.8) is 0 Å². The summed E-state index contributed by atoms with van der Waals surface area (Å²) in [7, 11) is 0. The van der Waals surface area contributed by atoms with Gasteiger partial charge in [0.1, 0.15) is 0 Å². The lowest BCUT2D eigenvalue weighted by Gasteiger charge is -1.49. The van der Waals surface area contributed by atoms with Gasteiger partial charge in [-0.1, -0.05) is 0 Å². The third-order valence-electron chi connectivity index (χ3n) is 0.406. The second-order valence-electron chi connectivity index (χ2n) is 0.766. The number of H-pyrrole nitrogens is 1. The number of aromatic nitrogens is 1. The number of hydrogen-bond acceptors (Lipinski definition) is 0. The van der Waals surface area contributed by atoms with Crippen LogP contribution in [-0.4, -0.2) is 4.98 Å². The fraction of sp³-hybridized carbons (Fsp3) is 0. The summed E-state index contributed by atoms with van der Waals surface area (Å²) in [6.45, 7) is 0. The van der Waals surface area contributed by atoms with E-state index in [9.17, 15) is 0 Å². The summed E-state index contributed by atoms with van der Waals surface area (Å²) in [5.41, 5.74) is 0. The Bertz CT molecular complexity index is 142. The van der Waals surface area contributed by atoms with Gasteiger partial charge in [0.05, 0.1) is 1.37 Å². The highest BCUT2D eigenvalue weighted by atomic mass is 14.6. The SMILES string of the molecule is [2H]c1cccn1[2H]. The minimum atomic E-state index is 0.222. The molecule has 1 heteroatoms. The van der Waals surface area contributed by atoms with Crippen LogP contribution < -0.4 is 0 Å². The summed E-state index contributed by atoms with van der Waals surface area (Å²) in [5, 5.41) is 0. The molecule has 1 rings (SSSR count). The van der Waals surface area contributed by atoms with Crippen molar-refractivity contribution < 1.29 is 2.78 Å². The lowest BCUT2D eigenvalue weighted by atomic mass is 10.7. The Kier molecular flexibility index (Phi) is 0.217. The average molecular weight is 69.1 g/mol. The Morgan fingerprint density at radius 3 is 3.00 bits per heavy atom. The summed E-state index contributed by atoms with van der Waals surface area (Å²) in [5.74, 6) is 0. The third-order valence-corrected chi connectivity index (χ3v) is 0.406. The second-order valence-corrected chi connectivity index (χ2v) is 0.766. The van der Waals surface area contributed by atoms with Crippen molar-refractivity contribution in [2.75, 3.05) is 0 Å². The highest BCUT2D eigenvalue weighted by Gasteiger charge is 1.55. The Morgan fingerprint density at radius 1 is 1.80 bits per heavy atom. The topological polar surface area (TPSA) is 15.8 Å². The fourth-order valence-corrected chi connectivity index (χ4v) is 0.215. The Balaban J connectivity index is 3.12. The zero-order valence-corrected chi connectivity index (χ0v) is 2.68. The van der Waals surface area contributed by atoms with Crippen molar-refractivity contribution in [3.05, 3.63) is 24.5 Å². The maximum absolute atomic E-state index is 6.88. The maximum Gasteiger partial charge on any atom is 0.165 e. The quantitative estimate of drug-likeness (QED) is 0.468. The van der Waals surface area contributed by atoms with E-state index in [2.05, 4.69) is 0 Å². The predicted molar refractivity (Wildman–Crippen MR) is 20.8 cm³/mol. The Labute approximate surface area is 33.5 Å². The molecule has 0 aliphatic heterocycles. The third kappa shape index (κ3) is 0.293. The van der Waals surface area contributed by atoms with Gasteiger partial charge in [0.15, 0.2) is 1.41 Å². The van der Waals surface area contributed by atoms with Crippen molar-refractivity contribution >= 4 is 0 Å². The van der Waals surface area contributed by atoms with Gasteiger partial charge in [-0.15, -0.1) is 0 Å². The number of nitrogens with one attached hydrogen (secondary N) is 1. The monoisotopic (exact) mass is 69.1 g/mol. The van der Waals surface area contributed by atoms with Crippen LogP contribution in [-0.2, 0) is 0 Å². The molecule has 0 fully saturated rings. The normalized spacial score (nSPS) is 13.6. The number of aromatic amines is 1. The van der Waals surface area contributed by atoms with Crippen LogP contribution in [0.3, 0.4) is 0 Å². The molecule has 1 N–H and O–H groups in total. The van der Waals surface area contributed by atoms with Crippen LogP contribution in [0, 0.1) is 0 Å². The van der Waals surface area contributed by atoms with Gasteiger partial charge < -0.3 is 4.98 Å². The molecule has 0 aromatic carbocycles. The minimum Gasteiger partial charge on any atom is -0.368 e. The minimum absolute atomic E-state index is 0.222. The van der Waals surface area contributed by atoms with Crippen LogP contribution in [0.25, 0.3) is 0 Å². The predicted octanol–water partition coefficient (Wildman–Crippen LogP) is 1.01. The molecule has 0 radical (unpaired) electrons. The molecule has 1 nitrogen and oxygen atoms in total. The van der Waals surface area contributed by atoms with Crippen molar-refractivity contribution in [1.29, 1.82) is 0 Å². The zero-order valence-electron chi connectivity index (χ0n) is 4.68. The molecule has 1 aromatic rings. The first-order chi connectivity index (χ1) is 3.30. The van der Waals surface area contributed by atoms with Gasteiger partial charge in [0.25, 0.3) is 0 Å². The van der Waals surface area contributed by atoms with Crippen molar-refractivity contribution in [2.24, 2.45) is 0 Å². The second kappa shape index (κ2) is 0.931. The molecule has 0 aliphatic rings. The first-order valence-corrected chi connectivity index (χ1v) is 1.44. The number of rotatable bonds is 0. The Morgan fingerprint density at radius 2 is 2.80 bits per heavy atom. The van der Waals surface area contributed by atoms with E-state index in [0.29, 0.717) is 0 Å². The van der Waals surface area contributed by atoms with Gasteiger partial charge in [-0.25, -0.2) is 0 Å². The molecule has 0 bridgehead atoms. The molecular weight excluding hydrogens is 62.1 g/mol. The molecular formula is C4H5N. The van der Waals surface area contributed by atoms with Crippen molar-refractivity contribution in [3.8, 4) is 0 Å². The summed E-state index contributed by atoms with van der Waals surface area (Å²) in [4.78, 5) is 1.00. The first-order valence-electron chi connectivity index (χ1n) is 2.38. The molecule has 0 unspecified atom stereocenters. The fourth-order valence-electron chi connectivity index (χ4n) is 0.215. The molecule has 1 heterocycles. The summed E-state index contributed by atoms with van der Waals surface area (Å²) in [6, 6.07) is 3.22. The highest BCUT2D eigenvalue weighted by Crippen LogP contribution is 1.72. The molecule has 0 saturated heterocycles. The van der Waals surface area contributed by atoms with Crippen molar-refractivity contribution in [1.82, 2.24) is 4.98 Å². The summed E-state index contributed by atoms with van der Waals surface area (Å²) >= 11 is 0. The molecule has 0 aliphatic carbocycles. The standard InChI is InChI=1S/C4H5N/c1-2-4-5-3-1/h1-5H/i3D/hD. The van der Waals surface area contributed by atoms with E-state index >= 15 is 0 Å². The van der Waals surface area contributed by atoms with Gasteiger partial charge >= 0.3 is 0 Å². The van der Waals surface area contributed by atoms with E-state index < -0.39 is 0 Å². The van der Waals surface area contributed by atoms with Gasteiger partial charge in [0.2, 0.25) is 0 Å². The molecule has 0 saturated carbocycles. The maximum atomic E-state index is 6.88. The molecule has 0 amide bonds. The molecule has 1 aromatic heterocycles. The summed E-state index contributed by atoms with van der Waals surface area (Å²) < 4.78 is 13.7.